The van der Waals surface area contributed by atoms with E-state index in [1.165, 1.54) is 29.5 Å². The van der Waals surface area contributed by atoms with Gasteiger partial charge >= 0.3 is 6.18 Å². The molecule has 1 aliphatic heterocycles. The van der Waals surface area contributed by atoms with Gasteiger partial charge < -0.3 is 20.7 Å². The molecule has 202 valence electrons. The molecule has 8 nitrogen and oxygen atoms in total. The van der Waals surface area contributed by atoms with Crippen molar-refractivity contribution >= 4 is 44.2 Å². The third-order valence-electron chi connectivity index (χ3n) is 5.99. The number of aromatic nitrogens is 1. The highest BCUT2D eigenvalue weighted by molar-refractivity contribution is 7.22. The summed E-state index contributed by atoms with van der Waals surface area (Å²) < 4.78 is 45.1. The lowest BCUT2D eigenvalue weighted by molar-refractivity contribution is -0.137. The van der Waals surface area contributed by atoms with Crippen LogP contribution in [0.2, 0.25) is 0 Å². The number of hydrogen-bond donors (Lipinski definition) is 3. The van der Waals surface area contributed by atoms with E-state index in [2.05, 4.69) is 25.8 Å². The van der Waals surface area contributed by atoms with Gasteiger partial charge in [0.1, 0.15) is 11.5 Å². The topological polar surface area (TPSA) is 95.6 Å². The summed E-state index contributed by atoms with van der Waals surface area (Å²) in [6.45, 7) is 3.69. The highest BCUT2D eigenvalue weighted by Crippen LogP contribution is 2.32. The van der Waals surface area contributed by atoms with Crippen molar-refractivity contribution in [3.63, 3.8) is 0 Å². The van der Waals surface area contributed by atoms with E-state index >= 15 is 0 Å². The van der Waals surface area contributed by atoms with Crippen LogP contribution in [0.3, 0.4) is 0 Å². The largest absolute Gasteiger partial charge is 0.457 e. The van der Waals surface area contributed by atoms with Crippen LogP contribution in [0.1, 0.15) is 15.9 Å². The van der Waals surface area contributed by atoms with Gasteiger partial charge in [-0.15, -0.1) is 0 Å². The van der Waals surface area contributed by atoms with Crippen molar-refractivity contribution in [1.29, 1.82) is 0 Å². The molecule has 5 rings (SSSR count). The molecule has 0 bridgehead atoms. The predicted octanol–water partition coefficient (Wildman–Crippen LogP) is 5.20. The van der Waals surface area contributed by atoms with Crippen molar-refractivity contribution in [2.75, 3.05) is 43.4 Å². The predicted molar refractivity (Wildman–Crippen MR) is 143 cm³/mol. The summed E-state index contributed by atoms with van der Waals surface area (Å²) in [7, 11) is 0. The summed E-state index contributed by atoms with van der Waals surface area (Å²) in [5.74, 6) is 0.326. The van der Waals surface area contributed by atoms with Crippen LogP contribution in [0.4, 0.5) is 24.0 Å². The summed E-state index contributed by atoms with van der Waals surface area (Å²) in [4.78, 5) is 31.6. The lowest BCUT2D eigenvalue weighted by Gasteiger charge is -2.26. The maximum absolute atomic E-state index is 12.8. The van der Waals surface area contributed by atoms with Gasteiger partial charge in [0.2, 0.25) is 5.91 Å². The number of piperazine rings is 1. The number of nitrogens with zero attached hydrogens (tertiary/aromatic N) is 2. The van der Waals surface area contributed by atoms with Gasteiger partial charge in [0.05, 0.1) is 22.3 Å². The zero-order chi connectivity index (χ0) is 27.4. The molecule has 2 amide bonds. The van der Waals surface area contributed by atoms with Crippen LogP contribution in [-0.4, -0.2) is 54.4 Å². The van der Waals surface area contributed by atoms with Gasteiger partial charge in [-0.25, -0.2) is 4.98 Å². The number of rotatable bonds is 7. The third kappa shape index (κ3) is 6.91. The minimum Gasteiger partial charge on any atom is -0.457 e. The van der Waals surface area contributed by atoms with Crippen molar-refractivity contribution in [3.05, 3.63) is 77.9 Å². The first-order valence-electron chi connectivity index (χ1n) is 12.1. The van der Waals surface area contributed by atoms with Crippen molar-refractivity contribution < 1.29 is 27.5 Å². The molecule has 0 aliphatic carbocycles. The smallest absolute Gasteiger partial charge is 0.416 e. The molecule has 4 aromatic rings. The summed E-state index contributed by atoms with van der Waals surface area (Å²) in [5.41, 5.74) is 0.444. The Balaban J connectivity index is 1.22. The Labute approximate surface area is 225 Å². The van der Waals surface area contributed by atoms with Gasteiger partial charge in [-0.3, -0.25) is 14.5 Å². The fourth-order valence-corrected chi connectivity index (χ4v) is 4.95. The van der Waals surface area contributed by atoms with Gasteiger partial charge in [-0.2, -0.15) is 13.2 Å². The lowest BCUT2D eigenvalue weighted by atomic mass is 10.1. The van der Waals surface area contributed by atoms with Crippen LogP contribution in [0.25, 0.3) is 10.2 Å². The van der Waals surface area contributed by atoms with Gasteiger partial charge in [-0.1, -0.05) is 17.4 Å². The molecule has 39 heavy (non-hydrogen) atoms. The molecule has 3 N–H and O–H groups in total. The Morgan fingerprint density at radius 3 is 2.46 bits per heavy atom. The molecular weight excluding hydrogens is 531 g/mol. The van der Waals surface area contributed by atoms with Crippen molar-refractivity contribution in [3.8, 4) is 11.5 Å². The summed E-state index contributed by atoms with van der Waals surface area (Å²) in [6.07, 6.45) is -4.45. The van der Waals surface area contributed by atoms with E-state index in [-0.39, 0.29) is 17.2 Å². The Morgan fingerprint density at radius 2 is 1.72 bits per heavy atom. The number of ether oxygens (including phenoxy) is 1. The lowest BCUT2D eigenvalue weighted by Crippen LogP contribution is -2.46. The fourth-order valence-electron chi connectivity index (χ4n) is 4.04. The normalized spacial score (nSPS) is 14.2. The Bertz CT molecular complexity index is 1480. The van der Waals surface area contributed by atoms with Crippen LogP contribution >= 0.6 is 11.3 Å². The number of thiazole rings is 1. The molecule has 0 radical (unpaired) electrons. The average Bonchev–Trinajstić information content (AvgIpc) is 3.30. The number of benzene rings is 3. The second-order valence-corrected chi connectivity index (χ2v) is 9.91. The van der Waals surface area contributed by atoms with E-state index in [9.17, 15) is 22.8 Å². The van der Waals surface area contributed by atoms with Gasteiger partial charge in [0, 0.05) is 43.5 Å². The minimum atomic E-state index is -4.45. The number of carbonyl (C=O) groups is 2. The molecule has 0 unspecified atom stereocenters. The average molecular weight is 556 g/mol. The van der Waals surface area contributed by atoms with E-state index in [4.69, 9.17) is 4.74 Å². The SMILES string of the molecule is O=C(CN1CCNCC1)Nc1nc2ccc(Oc3cccc(C(=O)Nc4ccc(C(F)(F)F)cc4)c3)cc2s1. The van der Waals surface area contributed by atoms with Crippen molar-refractivity contribution in [2.24, 2.45) is 0 Å². The molecule has 1 aliphatic rings. The number of hydrogen-bond acceptors (Lipinski definition) is 7. The van der Waals surface area contributed by atoms with Crippen molar-refractivity contribution in [2.45, 2.75) is 6.18 Å². The standard InChI is InChI=1S/C27H24F3N5O3S/c28-27(29,30)18-4-6-19(7-5-18)32-25(37)17-2-1-3-20(14-17)38-21-8-9-22-23(15-21)39-26(33-22)34-24(36)16-35-12-10-31-11-13-35/h1-9,14-15,31H,10-13,16H2,(H,32,37)(H,33,34,36). The summed E-state index contributed by atoms with van der Waals surface area (Å²) >= 11 is 1.34. The van der Waals surface area contributed by atoms with Crippen LogP contribution in [0.5, 0.6) is 11.5 Å². The summed E-state index contributed by atoms with van der Waals surface area (Å²) in [5, 5.41) is 9.21. The zero-order valence-corrected chi connectivity index (χ0v) is 21.4. The quantitative estimate of drug-likeness (QED) is 0.290. The number of anilines is 2. The Morgan fingerprint density at radius 1 is 0.974 bits per heavy atom. The molecule has 1 fully saturated rings. The van der Waals surface area contributed by atoms with Crippen LogP contribution in [0, 0.1) is 0 Å². The first-order chi connectivity index (χ1) is 18.7. The highest BCUT2D eigenvalue weighted by Gasteiger charge is 2.30. The van der Waals surface area contributed by atoms with E-state index in [0.29, 0.717) is 23.2 Å². The van der Waals surface area contributed by atoms with E-state index in [1.54, 1.807) is 36.4 Å². The zero-order valence-electron chi connectivity index (χ0n) is 20.5. The maximum atomic E-state index is 12.8. The third-order valence-corrected chi connectivity index (χ3v) is 6.92. The molecule has 2 heterocycles. The van der Waals surface area contributed by atoms with Gasteiger partial charge in [0.25, 0.3) is 5.91 Å². The Kier molecular flexibility index (Phi) is 7.77. The molecule has 1 aromatic heterocycles. The number of carbonyl (C=O) groups excluding carboxylic acids is 2. The highest BCUT2D eigenvalue weighted by atomic mass is 32.1. The molecule has 1 saturated heterocycles. The molecule has 0 saturated carbocycles. The van der Waals surface area contributed by atoms with E-state index < -0.39 is 17.6 Å². The van der Waals surface area contributed by atoms with Crippen LogP contribution in [-0.2, 0) is 11.0 Å². The number of halogens is 3. The maximum Gasteiger partial charge on any atom is 0.416 e. The van der Waals surface area contributed by atoms with Gasteiger partial charge in [-0.05, 0) is 54.6 Å². The first kappa shape index (κ1) is 26.6. The van der Waals surface area contributed by atoms with Crippen LogP contribution in [0.15, 0.2) is 66.7 Å². The van der Waals surface area contributed by atoms with E-state index in [1.807, 2.05) is 0 Å². The number of nitrogens with one attached hydrogen (secondary N) is 3. The monoisotopic (exact) mass is 555 g/mol. The molecular formula is C27H24F3N5O3S. The number of fused-ring (bicyclic) bond motifs is 1. The molecule has 0 spiro atoms. The van der Waals surface area contributed by atoms with Gasteiger partial charge in [0.15, 0.2) is 5.13 Å². The molecule has 0 atom stereocenters. The Hall–Kier alpha value is -4.00. The second-order valence-electron chi connectivity index (χ2n) is 8.88. The number of amides is 2. The van der Waals surface area contributed by atoms with Crippen LogP contribution < -0.4 is 20.7 Å². The molecule has 3 aromatic carbocycles. The fraction of sp³-hybridized carbons (Fsp3) is 0.222. The molecule has 12 heteroatoms. The second kappa shape index (κ2) is 11.4. The number of alkyl halides is 3. The van der Waals surface area contributed by atoms with E-state index in [0.717, 1.165) is 48.5 Å². The first-order valence-corrected chi connectivity index (χ1v) is 12.9. The van der Waals surface area contributed by atoms with Crippen molar-refractivity contribution in [1.82, 2.24) is 15.2 Å². The minimum absolute atomic E-state index is 0.112. The summed E-state index contributed by atoms with van der Waals surface area (Å²) in [6, 6.07) is 16.0.